The minimum atomic E-state index is -0.270. The number of hydrogen-bond donors (Lipinski definition) is 1. The van der Waals surface area contributed by atoms with Crippen LogP contribution < -0.4 is 14.8 Å². The normalized spacial score (nSPS) is 9.95. The van der Waals surface area contributed by atoms with Crippen molar-refractivity contribution >= 4 is 23.2 Å². The van der Waals surface area contributed by atoms with Crippen molar-refractivity contribution in [1.29, 1.82) is 0 Å². The zero-order chi connectivity index (χ0) is 14.5. The number of nitrogens with zero attached hydrogens (tertiary/aromatic N) is 1. The number of methoxy groups -OCH3 is 2. The Kier molecular flexibility index (Phi) is 4.42. The number of nitrogens with one attached hydrogen (secondary N) is 1. The lowest BCUT2D eigenvalue weighted by atomic mass is 10.2. The lowest BCUT2D eigenvalue weighted by molar-refractivity contribution is 0.102. The van der Waals surface area contributed by atoms with Crippen LogP contribution in [0.25, 0.3) is 0 Å². The first kappa shape index (κ1) is 14.1. The van der Waals surface area contributed by atoms with Gasteiger partial charge in [-0.2, -0.15) is 0 Å². The highest BCUT2D eigenvalue weighted by Crippen LogP contribution is 2.27. The number of benzene rings is 1. The van der Waals surface area contributed by atoms with Crippen molar-refractivity contribution in [3.05, 3.63) is 47.2 Å². The molecule has 5 nitrogen and oxygen atoms in total. The maximum atomic E-state index is 12.1. The van der Waals surface area contributed by atoms with Crippen molar-refractivity contribution in [2.45, 2.75) is 0 Å². The number of ether oxygens (including phenoxy) is 2. The first-order valence-electron chi connectivity index (χ1n) is 5.79. The fraction of sp³-hybridized carbons (Fsp3) is 0.143. The van der Waals surface area contributed by atoms with E-state index in [2.05, 4.69) is 10.3 Å². The van der Waals surface area contributed by atoms with Crippen molar-refractivity contribution in [2.24, 2.45) is 0 Å². The van der Waals surface area contributed by atoms with Crippen molar-refractivity contribution in [2.75, 3.05) is 19.5 Å². The minimum absolute atomic E-state index is 0.270. The molecule has 0 aliphatic heterocycles. The Morgan fingerprint density at radius 1 is 1.15 bits per heavy atom. The molecule has 6 heteroatoms. The summed E-state index contributed by atoms with van der Waals surface area (Å²) in [5.74, 6) is 0.789. The molecule has 2 aromatic rings. The molecule has 0 fully saturated rings. The zero-order valence-corrected chi connectivity index (χ0v) is 11.8. The Bertz CT molecular complexity index is 632. The largest absolute Gasteiger partial charge is 0.493 e. The highest BCUT2D eigenvalue weighted by atomic mass is 35.5. The second-order valence-corrected chi connectivity index (χ2v) is 4.28. The lowest BCUT2D eigenvalue weighted by Gasteiger charge is -2.10. The predicted molar refractivity (Wildman–Crippen MR) is 76.7 cm³/mol. The van der Waals surface area contributed by atoms with Crippen molar-refractivity contribution in [3.8, 4) is 11.5 Å². The Labute approximate surface area is 121 Å². The van der Waals surface area contributed by atoms with E-state index in [9.17, 15) is 4.79 Å². The molecule has 0 atom stereocenters. The van der Waals surface area contributed by atoms with Crippen LogP contribution in [-0.4, -0.2) is 25.1 Å². The summed E-state index contributed by atoms with van der Waals surface area (Å²) in [7, 11) is 3.05. The maximum absolute atomic E-state index is 12.1. The molecule has 1 N–H and O–H groups in total. The second-order valence-electron chi connectivity index (χ2n) is 3.89. The summed E-state index contributed by atoms with van der Waals surface area (Å²) in [6.07, 6.45) is 1.52. The molecule has 1 amide bonds. The van der Waals surface area contributed by atoms with Gasteiger partial charge in [0.05, 0.1) is 14.2 Å². The van der Waals surface area contributed by atoms with Crippen LogP contribution in [0.4, 0.5) is 5.69 Å². The fourth-order valence-corrected chi connectivity index (χ4v) is 1.83. The molecule has 1 aromatic carbocycles. The van der Waals surface area contributed by atoms with Gasteiger partial charge in [-0.15, -0.1) is 0 Å². The summed E-state index contributed by atoms with van der Waals surface area (Å²) < 4.78 is 10.3. The smallest absolute Gasteiger partial charge is 0.255 e. The van der Waals surface area contributed by atoms with Gasteiger partial charge in [0.1, 0.15) is 5.15 Å². The van der Waals surface area contributed by atoms with E-state index in [1.165, 1.54) is 20.4 Å². The van der Waals surface area contributed by atoms with E-state index in [0.29, 0.717) is 27.9 Å². The zero-order valence-electron chi connectivity index (χ0n) is 11.0. The monoisotopic (exact) mass is 292 g/mol. The number of anilines is 1. The molecular weight excluding hydrogens is 280 g/mol. The molecule has 0 saturated heterocycles. The highest BCUT2D eigenvalue weighted by Gasteiger charge is 2.11. The quantitative estimate of drug-likeness (QED) is 0.880. The van der Waals surface area contributed by atoms with E-state index in [1.54, 1.807) is 30.3 Å². The van der Waals surface area contributed by atoms with Gasteiger partial charge in [-0.05, 0) is 30.3 Å². The van der Waals surface area contributed by atoms with E-state index >= 15 is 0 Å². The molecule has 20 heavy (non-hydrogen) atoms. The molecule has 1 heterocycles. The van der Waals surface area contributed by atoms with Gasteiger partial charge < -0.3 is 14.8 Å². The Morgan fingerprint density at radius 3 is 2.55 bits per heavy atom. The van der Waals surface area contributed by atoms with Gasteiger partial charge in [-0.25, -0.2) is 4.98 Å². The van der Waals surface area contributed by atoms with Crippen LogP contribution in [-0.2, 0) is 0 Å². The summed E-state index contributed by atoms with van der Waals surface area (Å²) >= 11 is 5.76. The van der Waals surface area contributed by atoms with Gasteiger partial charge in [0.15, 0.2) is 11.5 Å². The van der Waals surface area contributed by atoms with E-state index in [4.69, 9.17) is 21.1 Å². The molecule has 0 aliphatic rings. The number of carbonyl (C=O) groups excluding carboxylic acids is 1. The number of hydrogen-bond acceptors (Lipinski definition) is 4. The third-order valence-corrected chi connectivity index (χ3v) is 2.84. The van der Waals surface area contributed by atoms with Crippen LogP contribution in [0.2, 0.25) is 5.15 Å². The first-order chi connectivity index (χ1) is 9.63. The molecule has 0 spiro atoms. The highest BCUT2D eigenvalue weighted by molar-refractivity contribution is 6.29. The van der Waals surface area contributed by atoms with Crippen LogP contribution in [0, 0.1) is 0 Å². The predicted octanol–water partition coefficient (Wildman–Crippen LogP) is 3.00. The van der Waals surface area contributed by atoms with Gasteiger partial charge in [-0.1, -0.05) is 11.6 Å². The van der Waals surface area contributed by atoms with Gasteiger partial charge in [0.2, 0.25) is 0 Å². The molecule has 104 valence electrons. The number of carbonyl (C=O) groups is 1. The Balaban J connectivity index is 2.21. The number of aromatic nitrogens is 1. The number of halogens is 1. The number of pyridine rings is 1. The van der Waals surface area contributed by atoms with E-state index in [-0.39, 0.29) is 5.91 Å². The van der Waals surface area contributed by atoms with Crippen molar-refractivity contribution < 1.29 is 14.3 Å². The Morgan fingerprint density at radius 2 is 1.90 bits per heavy atom. The number of rotatable bonds is 4. The van der Waals surface area contributed by atoms with Crippen LogP contribution in [0.3, 0.4) is 0 Å². The van der Waals surface area contributed by atoms with Crippen LogP contribution in [0.1, 0.15) is 10.4 Å². The summed E-state index contributed by atoms with van der Waals surface area (Å²) in [5.41, 5.74) is 1.03. The van der Waals surface area contributed by atoms with Gasteiger partial charge >= 0.3 is 0 Å². The van der Waals surface area contributed by atoms with Gasteiger partial charge in [-0.3, -0.25) is 4.79 Å². The molecular formula is C14H13ClN2O3. The third-order valence-electron chi connectivity index (χ3n) is 2.63. The summed E-state index contributed by atoms with van der Waals surface area (Å²) in [5, 5.41) is 3.04. The van der Waals surface area contributed by atoms with E-state index < -0.39 is 0 Å². The molecule has 2 rings (SSSR count). The van der Waals surface area contributed by atoms with Crippen LogP contribution in [0.15, 0.2) is 36.5 Å². The van der Waals surface area contributed by atoms with Crippen molar-refractivity contribution in [1.82, 2.24) is 4.98 Å². The molecule has 0 saturated carbocycles. The number of amides is 1. The molecule has 0 bridgehead atoms. The summed E-state index contributed by atoms with van der Waals surface area (Å²) in [6, 6.07) is 8.16. The lowest BCUT2D eigenvalue weighted by Crippen LogP contribution is -2.12. The first-order valence-corrected chi connectivity index (χ1v) is 6.17. The van der Waals surface area contributed by atoms with Gasteiger partial charge in [0, 0.05) is 17.4 Å². The second kappa shape index (κ2) is 6.25. The average Bonchev–Trinajstić information content (AvgIpc) is 2.46. The Hall–Kier alpha value is -2.27. The van der Waals surface area contributed by atoms with E-state index in [0.717, 1.165) is 0 Å². The molecule has 0 radical (unpaired) electrons. The molecule has 1 aromatic heterocycles. The van der Waals surface area contributed by atoms with E-state index in [1.807, 2.05) is 0 Å². The minimum Gasteiger partial charge on any atom is -0.493 e. The topological polar surface area (TPSA) is 60.5 Å². The fourth-order valence-electron chi connectivity index (χ4n) is 1.66. The third kappa shape index (κ3) is 3.19. The molecule has 0 unspecified atom stereocenters. The van der Waals surface area contributed by atoms with Gasteiger partial charge in [0.25, 0.3) is 5.91 Å². The summed E-state index contributed by atoms with van der Waals surface area (Å²) in [6.45, 7) is 0. The van der Waals surface area contributed by atoms with Crippen LogP contribution in [0.5, 0.6) is 11.5 Å². The SMILES string of the molecule is COc1ccc(C(=O)Nc2ccnc(Cl)c2)cc1OC. The van der Waals surface area contributed by atoms with Crippen molar-refractivity contribution in [3.63, 3.8) is 0 Å². The van der Waals surface area contributed by atoms with Crippen LogP contribution >= 0.6 is 11.6 Å². The summed E-state index contributed by atoms with van der Waals surface area (Å²) in [4.78, 5) is 16.0. The standard InChI is InChI=1S/C14H13ClN2O3/c1-19-11-4-3-9(7-12(11)20-2)14(18)17-10-5-6-16-13(15)8-10/h3-8H,1-2H3,(H,16,17,18). The maximum Gasteiger partial charge on any atom is 0.255 e. The average molecular weight is 293 g/mol. The molecule has 0 aliphatic carbocycles.